The molecule has 1 saturated heterocycles. The summed E-state index contributed by atoms with van der Waals surface area (Å²) in [4.78, 5) is 14.9. The van der Waals surface area contributed by atoms with Crippen LogP contribution in [0.25, 0.3) is 11.3 Å². The van der Waals surface area contributed by atoms with Crippen molar-refractivity contribution >= 4 is 27.3 Å². The highest BCUT2D eigenvalue weighted by molar-refractivity contribution is 7.91. The first-order valence-corrected chi connectivity index (χ1v) is 11.9. The van der Waals surface area contributed by atoms with Crippen molar-refractivity contribution in [1.29, 1.82) is 0 Å². The van der Waals surface area contributed by atoms with Crippen LogP contribution in [0.2, 0.25) is 5.02 Å². The van der Waals surface area contributed by atoms with Gasteiger partial charge in [-0.15, -0.1) is 0 Å². The molecule has 1 atom stereocenters. The van der Waals surface area contributed by atoms with Crippen molar-refractivity contribution in [3.63, 3.8) is 0 Å². The van der Waals surface area contributed by atoms with Crippen LogP contribution in [0.5, 0.6) is 5.75 Å². The van der Waals surface area contributed by atoms with Crippen LogP contribution in [0.3, 0.4) is 0 Å². The number of methoxy groups -OCH3 is 1. The van der Waals surface area contributed by atoms with Gasteiger partial charge in [-0.05, 0) is 48.4 Å². The Bertz CT molecular complexity index is 1190. The van der Waals surface area contributed by atoms with Gasteiger partial charge in [-0.3, -0.25) is 4.79 Å². The molecule has 3 aromatic rings. The minimum atomic E-state index is -3.18. The number of benzene rings is 2. The molecule has 4 rings (SSSR count). The van der Waals surface area contributed by atoms with E-state index in [-0.39, 0.29) is 29.7 Å². The number of rotatable bonds is 6. The number of hydrogen-bond donors (Lipinski definition) is 0. The molecule has 1 fully saturated rings. The lowest BCUT2D eigenvalue weighted by molar-refractivity contribution is 0.0670. The zero-order valence-corrected chi connectivity index (χ0v) is 18.4. The number of amides is 1. The van der Waals surface area contributed by atoms with Crippen molar-refractivity contribution in [3.8, 4) is 17.1 Å². The standard InChI is InChI=1S/C22H21ClN2O5S/c1-29-19-4-2-3-15(11-19)13-25(18-9-10-31(27,28)14-18)22(26)20-12-21(30-24-20)16-5-7-17(23)8-6-16/h2-8,11-12,18H,9-10,13-14H2,1H3. The van der Waals surface area contributed by atoms with Gasteiger partial charge in [0.15, 0.2) is 21.3 Å². The van der Waals surface area contributed by atoms with Gasteiger partial charge in [-0.25, -0.2) is 8.42 Å². The maximum atomic E-state index is 13.4. The van der Waals surface area contributed by atoms with E-state index in [9.17, 15) is 13.2 Å². The SMILES string of the molecule is COc1cccc(CN(C(=O)c2cc(-c3ccc(Cl)cc3)on2)C2CCS(=O)(=O)C2)c1. The molecule has 2 aromatic carbocycles. The highest BCUT2D eigenvalue weighted by Crippen LogP contribution is 2.26. The van der Waals surface area contributed by atoms with Crippen LogP contribution in [0.4, 0.5) is 0 Å². The average Bonchev–Trinajstić information content (AvgIpc) is 3.39. The Hall–Kier alpha value is -2.84. The van der Waals surface area contributed by atoms with E-state index >= 15 is 0 Å². The van der Waals surface area contributed by atoms with E-state index in [2.05, 4.69) is 5.16 Å². The predicted octanol–water partition coefficient (Wildman–Crippen LogP) is 3.83. The Morgan fingerprint density at radius 2 is 2.00 bits per heavy atom. The highest BCUT2D eigenvalue weighted by Gasteiger charge is 2.36. The third kappa shape index (κ3) is 4.91. The van der Waals surface area contributed by atoms with Crippen molar-refractivity contribution in [2.45, 2.75) is 19.0 Å². The second-order valence-electron chi connectivity index (χ2n) is 7.42. The fourth-order valence-corrected chi connectivity index (χ4v) is 5.49. The summed E-state index contributed by atoms with van der Waals surface area (Å²) in [6.07, 6.45) is 0.389. The molecule has 31 heavy (non-hydrogen) atoms. The summed E-state index contributed by atoms with van der Waals surface area (Å²) in [5, 5.41) is 4.53. The molecule has 7 nitrogen and oxygen atoms in total. The number of nitrogens with zero attached hydrogens (tertiary/aromatic N) is 2. The third-order valence-corrected chi connectivity index (χ3v) is 7.26. The molecule has 0 saturated carbocycles. The van der Waals surface area contributed by atoms with E-state index in [0.717, 1.165) is 11.1 Å². The molecule has 1 aliphatic rings. The molecule has 1 aliphatic heterocycles. The second-order valence-corrected chi connectivity index (χ2v) is 10.1. The zero-order chi connectivity index (χ0) is 22.0. The van der Waals surface area contributed by atoms with Gasteiger partial charge in [0.05, 0.1) is 18.6 Å². The fraction of sp³-hybridized carbons (Fsp3) is 0.273. The number of hydrogen-bond acceptors (Lipinski definition) is 6. The number of aromatic nitrogens is 1. The predicted molar refractivity (Wildman–Crippen MR) is 117 cm³/mol. The monoisotopic (exact) mass is 460 g/mol. The molecular formula is C22H21ClN2O5S. The number of carbonyl (C=O) groups excluding carboxylic acids is 1. The van der Waals surface area contributed by atoms with Gasteiger partial charge in [0.1, 0.15) is 5.75 Å². The number of ether oxygens (including phenoxy) is 1. The quantitative estimate of drug-likeness (QED) is 0.555. The normalized spacial score (nSPS) is 17.4. The average molecular weight is 461 g/mol. The first-order valence-electron chi connectivity index (χ1n) is 9.71. The molecule has 1 aromatic heterocycles. The van der Waals surface area contributed by atoms with Crippen LogP contribution in [0.15, 0.2) is 59.1 Å². The fourth-order valence-electron chi connectivity index (χ4n) is 3.63. The van der Waals surface area contributed by atoms with Gasteiger partial charge < -0.3 is 14.2 Å². The summed E-state index contributed by atoms with van der Waals surface area (Å²) >= 11 is 5.93. The molecule has 0 radical (unpaired) electrons. The minimum Gasteiger partial charge on any atom is -0.497 e. The van der Waals surface area contributed by atoms with Gasteiger partial charge in [0.2, 0.25) is 0 Å². The van der Waals surface area contributed by atoms with Crippen LogP contribution >= 0.6 is 11.6 Å². The zero-order valence-electron chi connectivity index (χ0n) is 16.8. The summed E-state index contributed by atoms with van der Waals surface area (Å²) in [6, 6.07) is 15.5. The van der Waals surface area contributed by atoms with Crippen LogP contribution in [-0.4, -0.2) is 49.0 Å². The molecule has 0 bridgehead atoms. The van der Waals surface area contributed by atoms with Gasteiger partial charge in [-0.1, -0.05) is 28.9 Å². The lowest BCUT2D eigenvalue weighted by Crippen LogP contribution is -2.40. The maximum absolute atomic E-state index is 13.4. The molecule has 2 heterocycles. The Morgan fingerprint density at radius 1 is 1.23 bits per heavy atom. The van der Waals surface area contributed by atoms with Crippen LogP contribution in [-0.2, 0) is 16.4 Å². The smallest absolute Gasteiger partial charge is 0.276 e. The third-order valence-electron chi connectivity index (χ3n) is 5.26. The van der Waals surface area contributed by atoms with Crippen molar-refractivity contribution in [2.75, 3.05) is 18.6 Å². The van der Waals surface area contributed by atoms with E-state index in [1.54, 1.807) is 42.3 Å². The topological polar surface area (TPSA) is 89.7 Å². The van der Waals surface area contributed by atoms with E-state index in [4.69, 9.17) is 20.9 Å². The van der Waals surface area contributed by atoms with E-state index < -0.39 is 15.9 Å². The van der Waals surface area contributed by atoms with E-state index in [1.165, 1.54) is 0 Å². The molecule has 0 N–H and O–H groups in total. The summed E-state index contributed by atoms with van der Waals surface area (Å²) in [6.45, 7) is 0.235. The Kier molecular flexibility index (Phi) is 6.02. The number of halogens is 1. The Labute approximate surface area is 185 Å². The van der Waals surface area contributed by atoms with Gasteiger partial charge in [0.25, 0.3) is 5.91 Å². The lowest BCUT2D eigenvalue weighted by atomic mass is 10.1. The second kappa shape index (κ2) is 8.72. The van der Waals surface area contributed by atoms with Crippen molar-refractivity contribution in [1.82, 2.24) is 10.1 Å². The van der Waals surface area contributed by atoms with Gasteiger partial charge in [-0.2, -0.15) is 0 Å². The summed E-state index contributed by atoms with van der Waals surface area (Å²) < 4.78 is 34.8. The van der Waals surface area contributed by atoms with Crippen LogP contribution in [0.1, 0.15) is 22.5 Å². The maximum Gasteiger partial charge on any atom is 0.276 e. The van der Waals surface area contributed by atoms with Gasteiger partial charge in [0, 0.05) is 29.2 Å². The molecule has 1 unspecified atom stereocenters. The van der Waals surface area contributed by atoms with Crippen molar-refractivity contribution in [2.24, 2.45) is 0 Å². The van der Waals surface area contributed by atoms with Crippen molar-refractivity contribution in [3.05, 3.63) is 70.9 Å². The Balaban J connectivity index is 1.63. The molecule has 162 valence electrons. The molecule has 0 aliphatic carbocycles. The van der Waals surface area contributed by atoms with E-state index in [0.29, 0.717) is 23.0 Å². The summed E-state index contributed by atoms with van der Waals surface area (Å²) in [5.74, 6) is 0.712. The summed E-state index contributed by atoms with van der Waals surface area (Å²) in [5.41, 5.74) is 1.69. The first-order chi connectivity index (χ1) is 14.8. The van der Waals surface area contributed by atoms with Crippen LogP contribution < -0.4 is 4.74 Å². The number of carbonyl (C=O) groups is 1. The minimum absolute atomic E-state index is 0.0639. The first kappa shape index (κ1) is 21.4. The summed E-state index contributed by atoms with van der Waals surface area (Å²) in [7, 11) is -1.61. The highest BCUT2D eigenvalue weighted by atomic mass is 35.5. The van der Waals surface area contributed by atoms with Crippen molar-refractivity contribution < 1.29 is 22.5 Å². The molecule has 9 heteroatoms. The molecule has 0 spiro atoms. The molecular weight excluding hydrogens is 440 g/mol. The Morgan fingerprint density at radius 3 is 2.68 bits per heavy atom. The molecule has 1 amide bonds. The van der Waals surface area contributed by atoms with Crippen LogP contribution in [0, 0.1) is 0 Å². The van der Waals surface area contributed by atoms with Gasteiger partial charge >= 0.3 is 0 Å². The number of sulfone groups is 1. The largest absolute Gasteiger partial charge is 0.497 e. The lowest BCUT2D eigenvalue weighted by Gasteiger charge is -2.27. The van der Waals surface area contributed by atoms with E-state index in [1.807, 2.05) is 24.3 Å².